The maximum atomic E-state index is 12.9. The number of halogens is 4. The van der Waals surface area contributed by atoms with Crippen molar-refractivity contribution >= 4 is 0 Å². The molecule has 1 heterocycles. The van der Waals surface area contributed by atoms with Crippen molar-refractivity contribution in [2.75, 3.05) is 0 Å². The molecule has 0 saturated heterocycles. The predicted molar refractivity (Wildman–Crippen MR) is 50.5 cm³/mol. The first kappa shape index (κ1) is 11.6. The lowest BCUT2D eigenvalue weighted by Gasteiger charge is -2.08. The van der Waals surface area contributed by atoms with Crippen LogP contribution in [0.1, 0.15) is 11.3 Å². The second-order valence-electron chi connectivity index (χ2n) is 3.37. The van der Waals surface area contributed by atoms with Crippen LogP contribution in [-0.2, 0) is 12.7 Å². The zero-order valence-electron chi connectivity index (χ0n) is 8.45. The fraction of sp³-hybridized carbons (Fsp3) is 0.200. The third-order valence-corrected chi connectivity index (χ3v) is 2.14. The minimum absolute atomic E-state index is 0.174. The van der Waals surface area contributed by atoms with E-state index in [4.69, 9.17) is 0 Å². The lowest BCUT2D eigenvalue weighted by molar-refractivity contribution is -0.146. The summed E-state index contributed by atoms with van der Waals surface area (Å²) in [6, 6.07) is 8.33. The first-order valence-corrected chi connectivity index (χ1v) is 4.68. The second-order valence-corrected chi connectivity index (χ2v) is 3.37. The molecule has 0 unspecified atom stereocenters. The highest BCUT2D eigenvalue weighted by atomic mass is 19.4. The molecule has 0 aliphatic rings. The van der Waals surface area contributed by atoms with Crippen LogP contribution in [0.15, 0.2) is 30.3 Å². The smallest absolute Gasteiger partial charge is 0.233 e. The molecule has 0 fully saturated rings. The molecule has 0 radical (unpaired) electrons. The molecule has 0 bridgehead atoms. The summed E-state index contributed by atoms with van der Waals surface area (Å²) in [5.74, 6) is -1.60. The molecule has 2 rings (SSSR count). The second kappa shape index (κ2) is 4.15. The molecule has 0 N–H and O–H groups in total. The molecule has 1 aromatic heterocycles. The van der Waals surface area contributed by atoms with Crippen LogP contribution in [0.5, 0.6) is 0 Å². The Bertz CT molecular complexity index is 504. The molecule has 1 aromatic carbocycles. The molecule has 90 valence electrons. The number of hydrogen-bond acceptors (Lipinski definition) is 2. The fourth-order valence-electron chi connectivity index (χ4n) is 1.42. The summed E-state index contributed by atoms with van der Waals surface area (Å²) in [6.45, 7) is -0.174. The summed E-state index contributed by atoms with van der Waals surface area (Å²) in [6.07, 6.45) is -4.80. The van der Waals surface area contributed by atoms with Crippen molar-refractivity contribution in [1.82, 2.24) is 15.0 Å². The largest absolute Gasteiger partial charge is 0.437 e. The third-order valence-electron chi connectivity index (χ3n) is 2.14. The van der Waals surface area contributed by atoms with E-state index in [-0.39, 0.29) is 6.54 Å². The number of alkyl halides is 3. The molecule has 0 spiro atoms. The van der Waals surface area contributed by atoms with Gasteiger partial charge in [0.25, 0.3) is 5.95 Å². The minimum Gasteiger partial charge on any atom is -0.233 e. The van der Waals surface area contributed by atoms with Gasteiger partial charge in [0.05, 0.1) is 6.54 Å². The summed E-state index contributed by atoms with van der Waals surface area (Å²) < 4.78 is 50.9. The molecule has 7 heteroatoms. The number of hydrogen-bond donors (Lipinski definition) is 0. The van der Waals surface area contributed by atoms with Gasteiger partial charge in [-0.15, -0.1) is 0 Å². The van der Waals surface area contributed by atoms with Crippen LogP contribution in [-0.4, -0.2) is 15.0 Å². The molecular formula is C10H7F4N3. The quantitative estimate of drug-likeness (QED) is 0.761. The lowest BCUT2D eigenvalue weighted by atomic mass is 10.2. The van der Waals surface area contributed by atoms with Gasteiger partial charge >= 0.3 is 6.18 Å². The van der Waals surface area contributed by atoms with E-state index in [1.807, 2.05) is 0 Å². The molecule has 17 heavy (non-hydrogen) atoms. The van der Waals surface area contributed by atoms with Gasteiger partial charge in [0, 0.05) is 0 Å². The fourth-order valence-corrected chi connectivity index (χ4v) is 1.42. The average Bonchev–Trinajstić information content (AvgIpc) is 2.60. The molecule has 0 atom stereocenters. The van der Waals surface area contributed by atoms with Crippen LogP contribution in [0.2, 0.25) is 0 Å². The molecule has 3 nitrogen and oxygen atoms in total. The van der Waals surface area contributed by atoms with E-state index in [1.54, 1.807) is 30.3 Å². The van der Waals surface area contributed by atoms with Crippen LogP contribution >= 0.6 is 0 Å². The lowest BCUT2D eigenvalue weighted by Crippen LogP contribution is -2.16. The van der Waals surface area contributed by atoms with Gasteiger partial charge in [-0.3, -0.25) is 0 Å². The highest BCUT2D eigenvalue weighted by Crippen LogP contribution is 2.30. The Labute approximate surface area is 93.7 Å². The number of rotatable bonds is 2. The summed E-state index contributed by atoms with van der Waals surface area (Å²) in [5.41, 5.74) is -0.871. The van der Waals surface area contributed by atoms with Crippen molar-refractivity contribution < 1.29 is 17.6 Å². The first-order valence-electron chi connectivity index (χ1n) is 4.68. The molecule has 0 aliphatic carbocycles. The van der Waals surface area contributed by atoms with Gasteiger partial charge in [0.15, 0.2) is 5.69 Å². The van der Waals surface area contributed by atoms with Crippen molar-refractivity contribution in [3.8, 4) is 0 Å². The van der Waals surface area contributed by atoms with E-state index >= 15 is 0 Å². The Kier molecular flexibility index (Phi) is 2.83. The van der Waals surface area contributed by atoms with Crippen LogP contribution in [0.25, 0.3) is 0 Å². The number of benzene rings is 1. The van der Waals surface area contributed by atoms with Crippen molar-refractivity contribution in [1.29, 1.82) is 0 Å². The van der Waals surface area contributed by atoms with Crippen LogP contribution in [0.4, 0.5) is 17.6 Å². The Morgan fingerprint density at radius 1 is 1.12 bits per heavy atom. The third kappa shape index (κ3) is 2.43. The van der Waals surface area contributed by atoms with E-state index in [1.165, 1.54) is 0 Å². The molecular weight excluding hydrogens is 238 g/mol. The van der Waals surface area contributed by atoms with Crippen molar-refractivity contribution in [3.05, 3.63) is 47.5 Å². The Balaban J connectivity index is 2.35. The normalized spacial score (nSPS) is 11.8. The average molecular weight is 245 g/mol. The van der Waals surface area contributed by atoms with Gasteiger partial charge in [-0.2, -0.15) is 17.6 Å². The van der Waals surface area contributed by atoms with E-state index in [9.17, 15) is 17.6 Å². The van der Waals surface area contributed by atoms with E-state index in [0.717, 1.165) is 0 Å². The summed E-state index contributed by atoms with van der Waals surface area (Å²) >= 11 is 0. The molecule has 0 amide bonds. The highest BCUT2D eigenvalue weighted by Gasteiger charge is 2.40. The Hall–Kier alpha value is -1.92. The van der Waals surface area contributed by atoms with Crippen molar-refractivity contribution in [3.63, 3.8) is 0 Å². The topological polar surface area (TPSA) is 30.7 Å². The Morgan fingerprint density at radius 2 is 1.76 bits per heavy atom. The van der Waals surface area contributed by atoms with Gasteiger partial charge in [-0.1, -0.05) is 40.6 Å². The predicted octanol–water partition coefficient (Wildman–Crippen LogP) is 2.48. The Morgan fingerprint density at radius 3 is 2.35 bits per heavy atom. The highest BCUT2D eigenvalue weighted by molar-refractivity contribution is 5.16. The first-order chi connectivity index (χ1) is 7.98. The summed E-state index contributed by atoms with van der Waals surface area (Å²) in [4.78, 5) is 0. The van der Waals surface area contributed by atoms with Crippen LogP contribution in [0, 0.1) is 5.95 Å². The van der Waals surface area contributed by atoms with E-state index in [0.29, 0.717) is 10.2 Å². The summed E-state index contributed by atoms with van der Waals surface area (Å²) in [5, 5.41) is 5.95. The van der Waals surface area contributed by atoms with Crippen molar-refractivity contribution in [2.24, 2.45) is 0 Å². The zero-order valence-corrected chi connectivity index (χ0v) is 8.45. The maximum Gasteiger partial charge on any atom is 0.437 e. The molecule has 0 aliphatic heterocycles. The monoisotopic (exact) mass is 245 g/mol. The standard InChI is InChI=1S/C10H7F4N3/c11-9-8(10(12,13)14)17(16-15-9)6-7-4-2-1-3-5-7/h1-5H,6H2. The van der Waals surface area contributed by atoms with E-state index in [2.05, 4.69) is 10.3 Å². The minimum atomic E-state index is -4.80. The molecule has 2 aromatic rings. The number of nitrogens with zero attached hydrogens (tertiary/aromatic N) is 3. The maximum absolute atomic E-state index is 12.9. The van der Waals surface area contributed by atoms with Gasteiger partial charge in [0.2, 0.25) is 0 Å². The number of aromatic nitrogens is 3. The van der Waals surface area contributed by atoms with Crippen molar-refractivity contribution in [2.45, 2.75) is 12.7 Å². The van der Waals surface area contributed by atoms with Crippen LogP contribution in [0.3, 0.4) is 0 Å². The van der Waals surface area contributed by atoms with Gasteiger partial charge in [-0.25, -0.2) is 4.68 Å². The van der Waals surface area contributed by atoms with Crippen LogP contribution < -0.4 is 0 Å². The van der Waals surface area contributed by atoms with Gasteiger partial charge in [0.1, 0.15) is 0 Å². The zero-order chi connectivity index (χ0) is 12.5. The summed E-state index contributed by atoms with van der Waals surface area (Å²) in [7, 11) is 0. The SMILES string of the molecule is Fc1nnn(Cc2ccccc2)c1C(F)(F)F. The van der Waals surface area contributed by atoms with E-state index < -0.39 is 17.8 Å². The molecule has 0 saturated carbocycles. The van der Waals surface area contributed by atoms with Gasteiger partial charge < -0.3 is 0 Å². The van der Waals surface area contributed by atoms with Gasteiger partial charge in [-0.05, 0) is 5.56 Å².